The molecule has 0 amide bonds. The first kappa shape index (κ1) is 14.1. The molecule has 3 aliphatic rings. The fourth-order valence-corrected chi connectivity index (χ4v) is 5.82. The third-order valence-electron chi connectivity index (χ3n) is 5.67. The van der Waals surface area contributed by atoms with E-state index in [1.807, 2.05) is 11.8 Å². The van der Waals surface area contributed by atoms with Gasteiger partial charge in [-0.1, -0.05) is 42.1 Å². The van der Waals surface area contributed by atoms with Crippen molar-refractivity contribution in [2.24, 2.45) is 0 Å². The fraction of sp³-hybridized carbons (Fsp3) is 0.400. The highest BCUT2D eigenvalue weighted by molar-refractivity contribution is 7.99. The molecule has 3 heterocycles. The zero-order valence-electron chi connectivity index (χ0n) is 13.1. The first-order valence-electron chi connectivity index (χ1n) is 8.60. The average Bonchev–Trinajstić information content (AvgIpc) is 2.73. The molecule has 1 fully saturated rings. The summed E-state index contributed by atoms with van der Waals surface area (Å²) in [6.07, 6.45) is 2.81. The summed E-state index contributed by atoms with van der Waals surface area (Å²) in [6.45, 7) is 2.16. The molecular formula is C20H21NOS. The highest BCUT2D eigenvalue weighted by Crippen LogP contribution is 2.49. The third kappa shape index (κ3) is 2.25. The van der Waals surface area contributed by atoms with Crippen LogP contribution in [0.25, 0.3) is 0 Å². The summed E-state index contributed by atoms with van der Waals surface area (Å²) in [7, 11) is 0. The van der Waals surface area contributed by atoms with Gasteiger partial charge in [-0.3, -0.25) is 4.90 Å². The van der Waals surface area contributed by atoms with E-state index >= 15 is 0 Å². The largest absolute Gasteiger partial charge is 0.393 e. The summed E-state index contributed by atoms with van der Waals surface area (Å²) in [4.78, 5) is 5.45. The smallest absolute Gasteiger partial charge is 0.0570 e. The lowest BCUT2D eigenvalue weighted by Crippen LogP contribution is -2.44. The lowest BCUT2D eigenvalue weighted by molar-refractivity contribution is 0.0300. The van der Waals surface area contributed by atoms with Crippen molar-refractivity contribution in [3.63, 3.8) is 0 Å². The van der Waals surface area contributed by atoms with Gasteiger partial charge < -0.3 is 5.11 Å². The van der Waals surface area contributed by atoms with Gasteiger partial charge in [-0.2, -0.15) is 0 Å². The predicted octanol–water partition coefficient (Wildman–Crippen LogP) is 3.99. The van der Waals surface area contributed by atoms with Crippen LogP contribution in [0.5, 0.6) is 0 Å². The Hall–Kier alpha value is -1.29. The van der Waals surface area contributed by atoms with E-state index in [0.717, 1.165) is 32.4 Å². The van der Waals surface area contributed by atoms with Gasteiger partial charge in [0.25, 0.3) is 0 Å². The van der Waals surface area contributed by atoms with Crippen LogP contribution in [0.3, 0.4) is 0 Å². The molecule has 0 aromatic heterocycles. The number of hydrogen-bond acceptors (Lipinski definition) is 3. The Morgan fingerprint density at radius 2 is 1.91 bits per heavy atom. The van der Waals surface area contributed by atoms with Crippen molar-refractivity contribution in [3.05, 3.63) is 59.2 Å². The van der Waals surface area contributed by atoms with E-state index in [1.54, 1.807) is 5.56 Å². The van der Waals surface area contributed by atoms with Gasteiger partial charge in [0.1, 0.15) is 0 Å². The van der Waals surface area contributed by atoms with Crippen LogP contribution in [-0.4, -0.2) is 29.2 Å². The molecule has 2 nitrogen and oxygen atoms in total. The molecule has 3 heteroatoms. The second kappa shape index (κ2) is 5.37. The fourth-order valence-electron chi connectivity index (χ4n) is 4.61. The topological polar surface area (TPSA) is 23.5 Å². The van der Waals surface area contributed by atoms with E-state index in [2.05, 4.69) is 47.4 Å². The van der Waals surface area contributed by atoms with Crippen molar-refractivity contribution in [2.75, 3.05) is 13.1 Å². The standard InChI is InChI=1S/C20H21NOS/c22-15-8-9-21-12-14-10-13-4-1-2-6-18(13)23-19-7-3-5-16(20(14)19)17(21)11-15/h1-7,14-15,17,22H,8-12H2. The van der Waals surface area contributed by atoms with Crippen LogP contribution in [0.4, 0.5) is 0 Å². The van der Waals surface area contributed by atoms with Gasteiger partial charge in [0.15, 0.2) is 0 Å². The molecular weight excluding hydrogens is 302 g/mol. The predicted molar refractivity (Wildman–Crippen MR) is 93.0 cm³/mol. The molecule has 0 spiro atoms. The van der Waals surface area contributed by atoms with Crippen molar-refractivity contribution in [1.29, 1.82) is 0 Å². The molecule has 0 saturated carbocycles. The van der Waals surface area contributed by atoms with Gasteiger partial charge in [0.05, 0.1) is 6.10 Å². The van der Waals surface area contributed by atoms with Crippen molar-refractivity contribution >= 4 is 11.8 Å². The number of rotatable bonds is 0. The molecule has 23 heavy (non-hydrogen) atoms. The zero-order chi connectivity index (χ0) is 15.4. The summed E-state index contributed by atoms with van der Waals surface area (Å²) in [6, 6.07) is 16.1. The molecule has 118 valence electrons. The number of aliphatic hydroxyl groups excluding tert-OH is 1. The van der Waals surface area contributed by atoms with Crippen molar-refractivity contribution < 1.29 is 5.11 Å². The number of aliphatic hydroxyl groups is 1. The van der Waals surface area contributed by atoms with Crippen LogP contribution in [0.2, 0.25) is 0 Å². The average molecular weight is 323 g/mol. The lowest BCUT2D eigenvalue weighted by atomic mass is 9.79. The molecule has 2 aromatic carbocycles. The Morgan fingerprint density at radius 1 is 1.04 bits per heavy atom. The maximum absolute atomic E-state index is 10.1. The minimum atomic E-state index is -0.140. The Bertz CT molecular complexity index is 759. The number of nitrogens with zero attached hydrogens (tertiary/aromatic N) is 1. The van der Waals surface area contributed by atoms with Crippen molar-refractivity contribution in [2.45, 2.75) is 47.1 Å². The molecule has 3 atom stereocenters. The maximum Gasteiger partial charge on any atom is 0.0570 e. The van der Waals surface area contributed by atoms with E-state index in [1.165, 1.54) is 20.9 Å². The quantitative estimate of drug-likeness (QED) is 0.793. The first-order valence-corrected chi connectivity index (χ1v) is 9.42. The third-order valence-corrected chi connectivity index (χ3v) is 6.86. The Kier molecular flexibility index (Phi) is 3.29. The molecule has 2 aromatic rings. The second-order valence-electron chi connectivity index (χ2n) is 7.06. The van der Waals surface area contributed by atoms with Crippen molar-refractivity contribution in [1.82, 2.24) is 4.90 Å². The number of hydrogen-bond donors (Lipinski definition) is 1. The molecule has 0 aliphatic carbocycles. The van der Waals surface area contributed by atoms with Crippen LogP contribution in [0, 0.1) is 0 Å². The summed E-state index contributed by atoms with van der Waals surface area (Å²) < 4.78 is 0. The summed E-state index contributed by atoms with van der Waals surface area (Å²) in [5.74, 6) is 0.587. The van der Waals surface area contributed by atoms with Gasteiger partial charge in [-0.15, -0.1) is 0 Å². The first-order chi connectivity index (χ1) is 11.3. The minimum Gasteiger partial charge on any atom is -0.393 e. The van der Waals surface area contributed by atoms with E-state index in [9.17, 15) is 5.11 Å². The lowest BCUT2D eigenvalue weighted by Gasteiger charge is -2.45. The van der Waals surface area contributed by atoms with Crippen LogP contribution in [-0.2, 0) is 6.42 Å². The normalized spacial score (nSPS) is 29.2. The van der Waals surface area contributed by atoms with Gasteiger partial charge >= 0.3 is 0 Å². The van der Waals surface area contributed by atoms with E-state index in [4.69, 9.17) is 0 Å². The monoisotopic (exact) mass is 323 g/mol. The SMILES string of the molecule is OC1CCN2CC3Cc4ccccc4Sc4cccc(c43)C2C1. The maximum atomic E-state index is 10.1. The number of benzene rings is 2. The Morgan fingerprint density at radius 3 is 2.87 bits per heavy atom. The molecule has 3 aliphatic heterocycles. The molecule has 3 unspecified atom stereocenters. The second-order valence-corrected chi connectivity index (χ2v) is 8.14. The number of piperidine rings is 1. The zero-order valence-corrected chi connectivity index (χ0v) is 13.9. The van der Waals surface area contributed by atoms with Crippen LogP contribution in [0.15, 0.2) is 52.3 Å². The number of fused-ring (bicyclic) bond motifs is 3. The van der Waals surface area contributed by atoms with Gasteiger partial charge in [0, 0.05) is 34.8 Å². The van der Waals surface area contributed by atoms with Gasteiger partial charge in [-0.25, -0.2) is 0 Å². The van der Waals surface area contributed by atoms with Crippen LogP contribution < -0.4 is 0 Å². The van der Waals surface area contributed by atoms with E-state index in [0.29, 0.717) is 12.0 Å². The summed E-state index contributed by atoms with van der Waals surface area (Å²) in [5.41, 5.74) is 4.52. The summed E-state index contributed by atoms with van der Waals surface area (Å²) >= 11 is 1.93. The minimum absolute atomic E-state index is 0.140. The van der Waals surface area contributed by atoms with Crippen molar-refractivity contribution in [3.8, 4) is 0 Å². The molecule has 1 N–H and O–H groups in total. The van der Waals surface area contributed by atoms with Crippen LogP contribution >= 0.6 is 11.8 Å². The Balaban J connectivity index is 1.66. The molecule has 1 saturated heterocycles. The van der Waals surface area contributed by atoms with Gasteiger partial charge in [0.2, 0.25) is 0 Å². The molecule has 5 rings (SSSR count). The van der Waals surface area contributed by atoms with Gasteiger partial charge in [-0.05, 0) is 48.1 Å². The van der Waals surface area contributed by atoms with E-state index in [-0.39, 0.29) is 6.10 Å². The summed E-state index contributed by atoms with van der Waals surface area (Å²) in [5, 5.41) is 10.1. The van der Waals surface area contributed by atoms with Crippen LogP contribution in [0.1, 0.15) is 41.5 Å². The highest BCUT2D eigenvalue weighted by Gasteiger charge is 2.39. The van der Waals surface area contributed by atoms with E-state index < -0.39 is 0 Å². The Labute approximate surface area is 141 Å². The molecule has 0 bridgehead atoms. The highest BCUT2D eigenvalue weighted by atomic mass is 32.2. The molecule has 0 radical (unpaired) electrons.